The maximum Gasteiger partial charge on any atom is 0.252 e. The molecule has 0 bridgehead atoms. The van der Waals surface area contributed by atoms with E-state index in [2.05, 4.69) is 10.1 Å². The van der Waals surface area contributed by atoms with Crippen LogP contribution in [0.1, 0.15) is 37.9 Å². The minimum absolute atomic E-state index is 0.160. The van der Waals surface area contributed by atoms with Crippen LogP contribution in [0.15, 0.2) is 6.33 Å². The lowest BCUT2D eigenvalue weighted by molar-refractivity contribution is 0.120. The first kappa shape index (κ1) is 11.1. The minimum atomic E-state index is -0.378. The Balaban J connectivity index is 1.82. The third kappa shape index (κ3) is 2.80. The summed E-state index contributed by atoms with van der Waals surface area (Å²) in [6.45, 7) is 0.436. The standard InChI is InChI=1S/C11H16N4O/c12-6-11-13-8-15(14-11)7-10(16)5-9-3-1-2-4-9/h8-10,16H,1-5,7H2. The van der Waals surface area contributed by atoms with Crippen molar-refractivity contribution in [3.63, 3.8) is 0 Å². The molecule has 2 rings (SSSR count). The summed E-state index contributed by atoms with van der Waals surface area (Å²) < 4.78 is 1.54. The van der Waals surface area contributed by atoms with Crippen LogP contribution >= 0.6 is 0 Å². The molecule has 0 spiro atoms. The topological polar surface area (TPSA) is 74.7 Å². The number of aromatic nitrogens is 3. The van der Waals surface area contributed by atoms with Gasteiger partial charge in [0.15, 0.2) is 0 Å². The van der Waals surface area contributed by atoms with Crippen LogP contribution in [-0.4, -0.2) is 26.0 Å². The van der Waals surface area contributed by atoms with Crippen LogP contribution < -0.4 is 0 Å². The van der Waals surface area contributed by atoms with Crippen LogP contribution in [0.25, 0.3) is 0 Å². The molecule has 1 atom stereocenters. The van der Waals surface area contributed by atoms with Gasteiger partial charge >= 0.3 is 0 Å². The molecule has 0 aromatic carbocycles. The van der Waals surface area contributed by atoms with E-state index in [1.807, 2.05) is 6.07 Å². The van der Waals surface area contributed by atoms with Crippen molar-refractivity contribution in [3.05, 3.63) is 12.2 Å². The maximum atomic E-state index is 9.87. The molecule has 1 aromatic heterocycles. The average molecular weight is 220 g/mol. The van der Waals surface area contributed by atoms with E-state index in [1.54, 1.807) is 0 Å². The van der Waals surface area contributed by atoms with Gasteiger partial charge in [0.1, 0.15) is 12.4 Å². The predicted molar refractivity (Wildman–Crippen MR) is 57.3 cm³/mol. The molecule has 5 heteroatoms. The Morgan fingerprint density at radius 2 is 2.31 bits per heavy atom. The largest absolute Gasteiger partial charge is 0.391 e. The quantitative estimate of drug-likeness (QED) is 0.824. The van der Waals surface area contributed by atoms with E-state index in [1.165, 1.54) is 36.7 Å². The van der Waals surface area contributed by atoms with Gasteiger partial charge < -0.3 is 5.11 Å². The SMILES string of the molecule is N#Cc1ncn(CC(O)CC2CCCC2)n1. The van der Waals surface area contributed by atoms with Gasteiger partial charge in [-0.05, 0) is 12.3 Å². The molecular formula is C11H16N4O. The zero-order valence-corrected chi connectivity index (χ0v) is 9.21. The van der Waals surface area contributed by atoms with Crippen LogP contribution in [-0.2, 0) is 6.54 Å². The van der Waals surface area contributed by atoms with Crippen molar-refractivity contribution in [2.45, 2.75) is 44.8 Å². The van der Waals surface area contributed by atoms with E-state index in [0.29, 0.717) is 12.5 Å². The van der Waals surface area contributed by atoms with Crippen molar-refractivity contribution in [2.24, 2.45) is 5.92 Å². The molecule has 86 valence electrons. The van der Waals surface area contributed by atoms with Crippen molar-refractivity contribution in [1.29, 1.82) is 5.26 Å². The van der Waals surface area contributed by atoms with Gasteiger partial charge in [-0.3, -0.25) is 0 Å². The summed E-state index contributed by atoms with van der Waals surface area (Å²) in [6.07, 6.45) is 7.00. The van der Waals surface area contributed by atoms with Crippen molar-refractivity contribution in [1.82, 2.24) is 14.8 Å². The van der Waals surface area contributed by atoms with Gasteiger partial charge in [-0.25, -0.2) is 9.67 Å². The summed E-state index contributed by atoms with van der Waals surface area (Å²) in [7, 11) is 0. The fourth-order valence-corrected chi connectivity index (χ4v) is 2.36. The first-order valence-corrected chi connectivity index (χ1v) is 5.75. The zero-order valence-electron chi connectivity index (χ0n) is 9.21. The Bertz CT molecular complexity index is 376. The van der Waals surface area contributed by atoms with Gasteiger partial charge in [0.25, 0.3) is 5.82 Å². The van der Waals surface area contributed by atoms with E-state index in [9.17, 15) is 5.11 Å². The van der Waals surface area contributed by atoms with Crippen LogP contribution in [0.2, 0.25) is 0 Å². The lowest BCUT2D eigenvalue weighted by Gasteiger charge is -2.14. The number of rotatable bonds is 4. The molecule has 1 aromatic rings. The van der Waals surface area contributed by atoms with Crippen molar-refractivity contribution in [3.8, 4) is 6.07 Å². The summed E-state index contributed by atoms with van der Waals surface area (Å²) in [5.74, 6) is 0.821. The van der Waals surface area contributed by atoms with E-state index in [0.717, 1.165) is 6.42 Å². The van der Waals surface area contributed by atoms with Gasteiger partial charge in [0.2, 0.25) is 0 Å². The van der Waals surface area contributed by atoms with Crippen LogP contribution in [0.5, 0.6) is 0 Å². The average Bonchev–Trinajstić information content (AvgIpc) is 2.89. The van der Waals surface area contributed by atoms with E-state index in [-0.39, 0.29) is 11.9 Å². The lowest BCUT2D eigenvalue weighted by atomic mass is 10.0. The van der Waals surface area contributed by atoms with Crippen molar-refractivity contribution >= 4 is 0 Å². The van der Waals surface area contributed by atoms with E-state index >= 15 is 0 Å². The molecule has 0 saturated heterocycles. The number of hydrogen-bond acceptors (Lipinski definition) is 4. The second-order valence-electron chi connectivity index (χ2n) is 4.44. The maximum absolute atomic E-state index is 9.87. The van der Waals surface area contributed by atoms with Crippen molar-refractivity contribution < 1.29 is 5.11 Å². The smallest absolute Gasteiger partial charge is 0.252 e. The summed E-state index contributed by atoms with van der Waals surface area (Å²) in [6, 6.07) is 1.87. The fourth-order valence-electron chi connectivity index (χ4n) is 2.36. The van der Waals surface area contributed by atoms with E-state index < -0.39 is 0 Å². The molecule has 1 fully saturated rings. The molecule has 0 amide bonds. The minimum Gasteiger partial charge on any atom is -0.391 e. The third-order valence-corrected chi connectivity index (χ3v) is 3.11. The highest BCUT2D eigenvalue weighted by atomic mass is 16.3. The molecule has 5 nitrogen and oxygen atoms in total. The number of nitriles is 1. The Kier molecular flexibility index (Phi) is 3.52. The third-order valence-electron chi connectivity index (χ3n) is 3.11. The lowest BCUT2D eigenvalue weighted by Crippen LogP contribution is -2.19. The molecule has 1 heterocycles. The van der Waals surface area contributed by atoms with Gasteiger partial charge in [-0.1, -0.05) is 25.7 Å². The molecule has 0 radical (unpaired) electrons. The molecule has 0 aliphatic heterocycles. The fraction of sp³-hybridized carbons (Fsp3) is 0.727. The molecular weight excluding hydrogens is 204 g/mol. The molecule has 16 heavy (non-hydrogen) atoms. The van der Waals surface area contributed by atoms with Crippen LogP contribution in [0, 0.1) is 17.2 Å². The Hall–Kier alpha value is -1.41. The molecule has 1 N–H and O–H groups in total. The Morgan fingerprint density at radius 1 is 1.56 bits per heavy atom. The Morgan fingerprint density at radius 3 is 2.94 bits per heavy atom. The first-order valence-electron chi connectivity index (χ1n) is 5.75. The van der Waals surface area contributed by atoms with Gasteiger partial charge in [-0.15, -0.1) is 5.10 Å². The molecule has 1 saturated carbocycles. The van der Waals surface area contributed by atoms with Crippen molar-refractivity contribution in [2.75, 3.05) is 0 Å². The van der Waals surface area contributed by atoms with Crippen LogP contribution in [0.3, 0.4) is 0 Å². The number of aliphatic hydroxyl groups excluding tert-OH is 1. The molecule has 1 unspecified atom stereocenters. The highest BCUT2D eigenvalue weighted by Crippen LogP contribution is 2.28. The molecule has 1 aliphatic carbocycles. The van der Waals surface area contributed by atoms with Gasteiger partial charge in [0.05, 0.1) is 12.6 Å². The number of aliphatic hydroxyl groups is 1. The monoisotopic (exact) mass is 220 g/mol. The normalized spacial score (nSPS) is 18.5. The second-order valence-corrected chi connectivity index (χ2v) is 4.44. The first-order chi connectivity index (χ1) is 7.78. The van der Waals surface area contributed by atoms with Crippen LogP contribution in [0.4, 0.5) is 0 Å². The number of nitrogens with zero attached hydrogens (tertiary/aromatic N) is 4. The highest BCUT2D eigenvalue weighted by molar-refractivity contribution is 5.05. The Labute approximate surface area is 94.7 Å². The summed E-state index contributed by atoms with van der Waals surface area (Å²) in [4.78, 5) is 3.80. The summed E-state index contributed by atoms with van der Waals surface area (Å²) >= 11 is 0. The number of hydrogen-bond donors (Lipinski definition) is 1. The van der Waals surface area contributed by atoms with Gasteiger partial charge in [0, 0.05) is 0 Å². The molecule has 1 aliphatic rings. The van der Waals surface area contributed by atoms with Gasteiger partial charge in [-0.2, -0.15) is 5.26 Å². The summed E-state index contributed by atoms with van der Waals surface area (Å²) in [5, 5.41) is 22.4. The van der Waals surface area contributed by atoms with E-state index in [4.69, 9.17) is 5.26 Å². The zero-order chi connectivity index (χ0) is 11.4. The predicted octanol–water partition coefficient (Wildman–Crippen LogP) is 1.09. The highest BCUT2D eigenvalue weighted by Gasteiger charge is 2.19. The second kappa shape index (κ2) is 5.08. The summed E-state index contributed by atoms with van der Waals surface area (Å²) in [5.41, 5.74) is 0.